The van der Waals surface area contributed by atoms with Crippen molar-refractivity contribution < 1.29 is 0 Å². The molecule has 15 heavy (non-hydrogen) atoms. The monoisotopic (exact) mass is 222 g/mol. The summed E-state index contributed by atoms with van der Waals surface area (Å²) < 4.78 is 1.60. The minimum absolute atomic E-state index is 0.452. The molecule has 2 rings (SSSR count). The normalized spacial score (nSPS) is 10.6. The molecule has 2 aromatic heterocycles. The molecule has 5 heteroatoms. The standard InChI is InChI=1S/C10H11ClN4/c1-6-3-4-7(10(11)13-6)8-5-9(12)15(2)14-8/h3-5H,12H2,1-2H3. The zero-order valence-corrected chi connectivity index (χ0v) is 9.28. The lowest BCUT2D eigenvalue weighted by Gasteiger charge is -2.00. The maximum Gasteiger partial charge on any atom is 0.138 e. The second-order valence-electron chi connectivity index (χ2n) is 3.37. The highest BCUT2D eigenvalue weighted by Crippen LogP contribution is 2.26. The van der Waals surface area contributed by atoms with Crippen LogP contribution in [0.2, 0.25) is 5.15 Å². The fourth-order valence-corrected chi connectivity index (χ4v) is 1.62. The van der Waals surface area contributed by atoms with Gasteiger partial charge in [0.1, 0.15) is 11.0 Å². The largest absolute Gasteiger partial charge is 0.384 e. The molecule has 2 N–H and O–H groups in total. The van der Waals surface area contributed by atoms with Gasteiger partial charge in [0.05, 0.1) is 5.69 Å². The van der Waals surface area contributed by atoms with E-state index in [1.807, 2.05) is 19.1 Å². The Bertz CT molecular complexity index is 485. The van der Waals surface area contributed by atoms with Crippen molar-refractivity contribution in [2.24, 2.45) is 7.05 Å². The summed E-state index contributed by atoms with van der Waals surface area (Å²) in [5.41, 5.74) is 8.12. The number of aromatic nitrogens is 3. The smallest absolute Gasteiger partial charge is 0.138 e. The van der Waals surface area contributed by atoms with Gasteiger partial charge in [-0.3, -0.25) is 4.68 Å². The van der Waals surface area contributed by atoms with E-state index < -0.39 is 0 Å². The molecule has 0 aliphatic heterocycles. The van der Waals surface area contributed by atoms with Gasteiger partial charge in [0, 0.05) is 24.4 Å². The van der Waals surface area contributed by atoms with Crippen LogP contribution in [0.5, 0.6) is 0 Å². The Morgan fingerprint density at radius 3 is 2.67 bits per heavy atom. The minimum Gasteiger partial charge on any atom is -0.384 e. The lowest BCUT2D eigenvalue weighted by molar-refractivity contribution is 0.782. The Balaban J connectivity index is 2.54. The van der Waals surface area contributed by atoms with Crippen LogP contribution in [-0.2, 0) is 7.05 Å². The van der Waals surface area contributed by atoms with E-state index >= 15 is 0 Å². The Kier molecular flexibility index (Phi) is 2.36. The van der Waals surface area contributed by atoms with E-state index in [1.165, 1.54) is 0 Å². The fourth-order valence-electron chi connectivity index (χ4n) is 1.33. The van der Waals surface area contributed by atoms with Crippen molar-refractivity contribution in [3.8, 4) is 11.3 Å². The molecule has 0 atom stereocenters. The molecular formula is C10H11ClN4. The van der Waals surface area contributed by atoms with Crippen LogP contribution >= 0.6 is 11.6 Å². The van der Waals surface area contributed by atoms with Gasteiger partial charge >= 0.3 is 0 Å². The first-order valence-electron chi connectivity index (χ1n) is 4.51. The number of hydrogen-bond acceptors (Lipinski definition) is 3. The van der Waals surface area contributed by atoms with Crippen molar-refractivity contribution in [1.29, 1.82) is 0 Å². The van der Waals surface area contributed by atoms with Crippen molar-refractivity contribution >= 4 is 17.4 Å². The highest BCUT2D eigenvalue weighted by molar-refractivity contribution is 6.32. The van der Waals surface area contributed by atoms with Crippen molar-refractivity contribution in [2.45, 2.75) is 6.92 Å². The first-order valence-corrected chi connectivity index (χ1v) is 4.89. The summed E-state index contributed by atoms with van der Waals surface area (Å²) in [7, 11) is 1.79. The van der Waals surface area contributed by atoms with Crippen LogP contribution in [0.25, 0.3) is 11.3 Å². The second kappa shape index (κ2) is 3.55. The average molecular weight is 223 g/mol. The number of halogens is 1. The van der Waals surface area contributed by atoms with E-state index in [2.05, 4.69) is 10.1 Å². The molecule has 0 saturated carbocycles. The van der Waals surface area contributed by atoms with Crippen molar-refractivity contribution in [3.05, 3.63) is 29.0 Å². The summed E-state index contributed by atoms with van der Waals surface area (Å²) in [6, 6.07) is 5.57. The number of nitrogens with two attached hydrogens (primary N) is 1. The molecule has 0 aliphatic rings. The predicted octanol–water partition coefficient (Wildman–Crippen LogP) is 2.03. The van der Waals surface area contributed by atoms with Crippen LogP contribution in [0.3, 0.4) is 0 Å². The van der Waals surface area contributed by atoms with Gasteiger partial charge in [0.25, 0.3) is 0 Å². The summed E-state index contributed by atoms with van der Waals surface area (Å²) in [5.74, 6) is 0.599. The maximum atomic E-state index is 6.02. The first kappa shape index (κ1) is 9.98. The van der Waals surface area contributed by atoms with Crippen LogP contribution < -0.4 is 5.73 Å². The van der Waals surface area contributed by atoms with Gasteiger partial charge in [-0.1, -0.05) is 11.6 Å². The number of anilines is 1. The van der Waals surface area contributed by atoms with E-state index in [0.29, 0.717) is 11.0 Å². The van der Waals surface area contributed by atoms with Crippen LogP contribution in [0.4, 0.5) is 5.82 Å². The highest BCUT2D eigenvalue weighted by Gasteiger charge is 2.09. The van der Waals surface area contributed by atoms with E-state index in [4.69, 9.17) is 17.3 Å². The number of hydrogen-bond donors (Lipinski definition) is 1. The van der Waals surface area contributed by atoms with Crippen LogP contribution in [0.1, 0.15) is 5.69 Å². The lowest BCUT2D eigenvalue weighted by Crippen LogP contribution is -1.96. The number of rotatable bonds is 1. The summed E-state index contributed by atoms with van der Waals surface area (Å²) in [4.78, 5) is 4.16. The summed E-state index contributed by atoms with van der Waals surface area (Å²) in [6.07, 6.45) is 0. The van der Waals surface area contributed by atoms with E-state index in [1.54, 1.807) is 17.8 Å². The molecule has 0 spiro atoms. The first-order chi connectivity index (χ1) is 7.08. The van der Waals surface area contributed by atoms with Gasteiger partial charge in [0.2, 0.25) is 0 Å². The predicted molar refractivity (Wildman–Crippen MR) is 60.6 cm³/mol. The Morgan fingerprint density at radius 2 is 2.13 bits per heavy atom. The molecule has 2 aromatic rings. The van der Waals surface area contributed by atoms with Gasteiger partial charge in [-0.15, -0.1) is 0 Å². The molecule has 0 bridgehead atoms. The molecule has 0 fully saturated rings. The molecule has 0 aromatic carbocycles. The van der Waals surface area contributed by atoms with Crippen molar-refractivity contribution in [3.63, 3.8) is 0 Å². The van der Waals surface area contributed by atoms with E-state index in [-0.39, 0.29) is 0 Å². The maximum absolute atomic E-state index is 6.02. The fraction of sp³-hybridized carbons (Fsp3) is 0.200. The van der Waals surface area contributed by atoms with Crippen molar-refractivity contribution in [1.82, 2.24) is 14.8 Å². The SMILES string of the molecule is Cc1ccc(-c2cc(N)n(C)n2)c(Cl)n1. The number of aryl methyl sites for hydroxylation is 2. The summed E-state index contributed by atoms with van der Waals surface area (Å²) >= 11 is 6.02. The molecule has 0 aliphatic carbocycles. The molecule has 78 valence electrons. The molecule has 0 radical (unpaired) electrons. The molecular weight excluding hydrogens is 212 g/mol. The van der Waals surface area contributed by atoms with Gasteiger partial charge in [-0.2, -0.15) is 5.10 Å². The molecule has 0 unspecified atom stereocenters. The third-order valence-corrected chi connectivity index (χ3v) is 2.47. The van der Waals surface area contributed by atoms with Crippen LogP contribution in [-0.4, -0.2) is 14.8 Å². The van der Waals surface area contributed by atoms with E-state index in [9.17, 15) is 0 Å². The average Bonchev–Trinajstić information content (AvgIpc) is 2.46. The molecule has 0 saturated heterocycles. The topological polar surface area (TPSA) is 56.7 Å². The number of pyridine rings is 1. The zero-order chi connectivity index (χ0) is 11.0. The third kappa shape index (κ3) is 1.80. The Hall–Kier alpha value is -1.55. The van der Waals surface area contributed by atoms with Gasteiger partial charge in [-0.05, 0) is 19.1 Å². The molecule has 0 amide bonds. The van der Waals surface area contributed by atoms with Gasteiger partial charge in [-0.25, -0.2) is 4.98 Å². The number of nitrogens with zero attached hydrogens (tertiary/aromatic N) is 3. The zero-order valence-electron chi connectivity index (χ0n) is 8.53. The van der Waals surface area contributed by atoms with Gasteiger partial charge < -0.3 is 5.73 Å². The highest BCUT2D eigenvalue weighted by atomic mass is 35.5. The Labute approximate surface area is 92.7 Å². The molecule has 4 nitrogen and oxygen atoms in total. The number of nitrogen functional groups attached to an aromatic ring is 1. The summed E-state index contributed by atoms with van der Waals surface area (Å²) in [6.45, 7) is 1.89. The lowest BCUT2D eigenvalue weighted by atomic mass is 10.2. The quantitative estimate of drug-likeness (QED) is 0.752. The second-order valence-corrected chi connectivity index (χ2v) is 3.73. The van der Waals surface area contributed by atoms with Crippen molar-refractivity contribution in [2.75, 3.05) is 5.73 Å². The van der Waals surface area contributed by atoms with Crippen LogP contribution in [0.15, 0.2) is 18.2 Å². The van der Waals surface area contributed by atoms with E-state index in [0.717, 1.165) is 17.0 Å². The van der Waals surface area contributed by atoms with Crippen LogP contribution in [0, 0.1) is 6.92 Å². The summed E-state index contributed by atoms with van der Waals surface area (Å²) in [5, 5.41) is 4.69. The molecule has 2 heterocycles. The third-order valence-electron chi connectivity index (χ3n) is 2.18. The minimum atomic E-state index is 0.452. The van der Waals surface area contributed by atoms with Gasteiger partial charge in [0.15, 0.2) is 0 Å². The Morgan fingerprint density at radius 1 is 1.40 bits per heavy atom.